The molecule has 1 aliphatic heterocycles. The van der Waals surface area contributed by atoms with E-state index in [0.29, 0.717) is 36.1 Å². The molecule has 6 heteroatoms. The Labute approximate surface area is 199 Å². The number of carbonyl (C=O) groups is 1. The molecule has 3 aromatic carbocycles. The number of hydrogen-bond donors (Lipinski definition) is 1. The number of benzene rings is 3. The van der Waals surface area contributed by atoms with Gasteiger partial charge in [-0.05, 0) is 54.2 Å². The maximum atomic E-state index is 13.1. The van der Waals surface area contributed by atoms with E-state index in [4.69, 9.17) is 14.2 Å². The van der Waals surface area contributed by atoms with Gasteiger partial charge in [0, 0.05) is 24.7 Å². The van der Waals surface area contributed by atoms with Gasteiger partial charge in [0.15, 0.2) is 17.6 Å². The molecule has 5 rings (SSSR count). The number of amides is 1. The molecule has 176 valence electrons. The molecular formula is C28H29NO5. The smallest absolute Gasteiger partial charge is 0.268 e. The highest BCUT2D eigenvalue weighted by atomic mass is 16.5. The third-order valence-corrected chi connectivity index (χ3v) is 6.43. The van der Waals surface area contributed by atoms with Gasteiger partial charge in [-0.1, -0.05) is 42.5 Å². The molecule has 1 N–H and O–H groups in total. The largest absolute Gasteiger partial charge is 0.493 e. The van der Waals surface area contributed by atoms with Gasteiger partial charge in [-0.25, -0.2) is 0 Å². The molecule has 34 heavy (non-hydrogen) atoms. The Morgan fingerprint density at radius 3 is 2.38 bits per heavy atom. The fraction of sp³-hybridized carbons (Fsp3) is 0.321. The van der Waals surface area contributed by atoms with Gasteiger partial charge in [0.05, 0.1) is 13.2 Å². The molecule has 1 heterocycles. The molecule has 0 bridgehead atoms. The Bertz CT molecular complexity index is 1130. The minimum Gasteiger partial charge on any atom is -0.493 e. The number of ether oxygens (including phenoxy) is 3. The van der Waals surface area contributed by atoms with Crippen molar-refractivity contribution in [2.24, 2.45) is 5.92 Å². The Hall–Kier alpha value is -3.51. The van der Waals surface area contributed by atoms with Crippen LogP contribution in [0.25, 0.3) is 11.1 Å². The van der Waals surface area contributed by atoms with Gasteiger partial charge in [0.2, 0.25) is 0 Å². The average Bonchev–Trinajstić information content (AvgIpc) is 3.68. The van der Waals surface area contributed by atoms with Crippen molar-refractivity contribution in [2.45, 2.75) is 31.5 Å². The van der Waals surface area contributed by atoms with Gasteiger partial charge in [-0.2, -0.15) is 0 Å². The van der Waals surface area contributed by atoms with E-state index in [0.717, 1.165) is 29.7 Å². The average molecular weight is 460 g/mol. The molecule has 0 spiro atoms. The van der Waals surface area contributed by atoms with E-state index in [1.807, 2.05) is 48.5 Å². The van der Waals surface area contributed by atoms with Gasteiger partial charge < -0.3 is 24.2 Å². The van der Waals surface area contributed by atoms with Gasteiger partial charge in [0.25, 0.3) is 5.91 Å². The molecule has 6 nitrogen and oxygen atoms in total. The quantitative estimate of drug-likeness (QED) is 0.503. The lowest BCUT2D eigenvalue weighted by Gasteiger charge is -2.20. The van der Waals surface area contributed by atoms with Crippen LogP contribution in [0.15, 0.2) is 72.8 Å². The van der Waals surface area contributed by atoms with Crippen LogP contribution in [0.1, 0.15) is 19.3 Å². The second-order valence-electron chi connectivity index (χ2n) is 8.83. The summed E-state index contributed by atoms with van der Waals surface area (Å²) >= 11 is 0. The predicted octanol–water partition coefficient (Wildman–Crippen LogP) is 4.70. The number of anilines is 1. The molecule has 0 aromatic heterocycles. The summed E-state index contributed by atoms with van der Waals surface area (Å²) in [6.07, 6.45) is 1.73. The summed E-state index contributed by atoms with van der Waals surface area (Å²) in [5.74, 6) is 2.04. The van der Waals surface area contributed by atoms with E-state index in [1.54, 1.807) is 24.1 Å². The number of hydrogen-bond acceptors (Lipinski definition) is 5. The summed E-state index contributed by atoms with van der Waals surface area (Å²) in [5.41, 5.74) is 2.98. The lowest BCUT2D eigenvalue weighted by atomic mass is 10.1. The highest BCUT2D eigenvalue weighted by molar-refractivity contribution is 5.99. The molecule has 1 amide bonds. The molecule has 1 saturated carbocycles. The Balaban J connectivity index is 1.22. The van der Waals surface area contributed by atoms with Crippen LogP contribution in [0.3, 0.4) is 0 Å². The minimum absolute atomic E-state index is 0.0768. The summed E-state index contributed by atoms with van der Waals surface area (Å²) in [6.45, 7) is 0.803. The van der Waals surface area contributed by atoms with E-state index in [9.17, 15) is 9.90 Å². The first-order valence-electron chi connectivity index (χ1n) is 11.7. The SMILES string of the molecule is COc1cc(N2CC[C@@H](Oc3ccc(-c4ccccc4)cc3)C2=O)ccc1OC[C@H](O)C1CC1. The van der Waals surface area contributed by atoms with Crippen LogP contribution < -0.4 is 19.1 Å². The summed E-state index contributed by atoms with van der Waals surface area (Å²) in [5, 5.41) is 10.1. The van der Waals surface area contributed by atoms with Crippen LogP contribution >= 0.6 is 0 Å². The van der Waals surface area contributed by atoms with E-state index < -0.39 is 12.2 Å². The molecule has 0 radical (unpaired) electrons. The Kier molecular flexibility index (Phi) is 6.41. The second kappa shape index (κ2) is 9.77. The van der Waals surface area contributed by atoms with Crippen LogP contribution in [0.2, 0.25) is 0 Å². The van der Waals surface area contributed by atoms with Crippen molar-refractivity contribution in [3.63, 3.8) is 0 Å². The predicted molar refractivity (Wildman–Crippen MR) is 130 cm³/mol. The molecule has 3 aromatic rings. The van der Waals surface area contributed by atoms with Gasteiger partial charge in [0.1, 0.15) is 12.4 Å². The zero-order valence-corrected chi connectivity index (χ0v) is 19.2. The number of methoxy groups -OCH3 is 1. The zero-order chi connectivity index (χ0) is 23.5. The highest BCUT2D eigenvalue weighted by Crippen LogP contribution is 2.36. The van der Waals surface area contributed by atoms with E-state index in [2.05, 4.69) is 12.1 Å². The van der Waals surface area contributed by atoms with Gasteiger partial charge in [-0.15, -0.1) is 0 Å². The number of aliphatic hydroxyl groups excluding tert-OH is 1. The number of rotatable bonds is 9. The molecule has 1 saturated heterocycles. The van der Waals surface area contributed by atoms with Crippen molar-refractivity contribution in [1.29, 1.82) is 0 Å². The monoisotopic (exact) mass is 459 g/mol. The maximum absolute atomic E-state index is 13.1. The van der Waals surface area contributed by atoms with Crippen LogP contribution in [-0.2, 0) is 4.79 Å². The summed E-state index contributed by atoms with van der Waals surface area (Å²) in [6, 6.07) is 23.4. The molecule has 2 atom stereocenters. The number of aliphatic hydroxyl groups is 1. The topological polar surface area (TPSA) is 68.2 Å². The van der Waals surface area contributed by atoms with Crippen molar-refractivity contribution < 1.29 is 24.1 Å². The summed E-state index contributed by atoms with van der Waals surface area (Å²) in [4.78, 5) is 14.8. The third-order valence-electron chi connectivity index (χ3n) is 6.43. The summed E-state index contributed by atoms with van der Waals surface area (Å²) < 4.78 is 17.3. The van der Waals surface area contributed by atoms with Crippen LogP contribution in [0.5, 0.6) is 17.2 Å². The fourth-order valence-corrected chi connectivity index (χ4v) is 4.28. The first-order valence-corrected chi connectivity index (χ1v) is 11.7. The number of carbonyl (C=O) groups excluding carboxylic acids is 1. The van der Waals surface area contributed by atoms with E-state index in [-0.39, 0.29) is 12.5 Å². The maximum Gasteiger partial charge on any atom is 0.268 e. The highest BCUT2D eigenvalue weighted by Gasteiger charge is 2.35. The van der Waals surface area contributed by atoms with Crippen molar-refractivity contribution in [2.75, 3.05) is 25.2 Å². The molecule has 1 aliphatic carbocycles. The molecule has 0 unspecified atom stereocenters. The van der Waals surface area contributed by atoms with Gasteiger partial charge in [-0.3, -0.25) is 4.79 Å². The van der Waals surface area contributed by atoms with Crippen LogP contribution in [0, 0.1) is 5.92 Å². The first-order chi connectivity index (χ1) is 16.6. The number of nitrogens with zero attached hydrogens (tertiary/aromatic N) is 1. The fourth-order valence-electron chi connectivity index (χ4n) is 4.28. The molecule has 2 fully saturated rings. The van der Waals surface area contributed by atoms with Crippen molar-refractivity contribution in [3.8, 4) is 28.4 Å². The van der Waals surface area contributed by atoms with Crippen LogP contribution in [-0.4, -0.2) is 43.5 Å². The van der Waals surface area contributed by atoms with Crippen molar-refractivity contribution >= 4 is 11.6 Å². The van der Waals surface area contributed by atoms with E-state index >= 15 is 0 Å². The third kappa shape index (κ3) is 4.87. The van der Waals surface area contributed by atoms with Crippen molar-refractivity contribution in [1.82, 2.24) is 0 Å². The van der Waals surface area contributed by atoms with Gasteiger partial charge >= 0.3 is 0 Å². The lowest BCUT2D eigenvalue weighted by Crippen LogP contribution is -2.32. The molecular weight excluding hydrogens is 430 g/mol. The van der Waals surface area contributed by atoms with Crippen LogP contribution in [0.4, 0.5) is 5.69 Å². The first kappa shape index (κ1) is 22.3. The molecule has 2 aliphatic rings. The lowest BCUT2D eigenvalue weighted by molar-refractivity contribution is -0.122. The van der Waals surface area contributed by atoms with E-state index in [1.165, 1.54) is 0 Å². The van der Waals surface area contributed by atoms with Crippen molar-refractivity contribution in [3.05, 3.63) is 72.8 Å². The second-order valence-corrected chi connectivity index (χ2v) is 8.83. The minimum atomic E-state index is -0.529. The Morgan fingerprint density at radius 2 is 1.68 bits per heavy atom. The normalized spacial score (nSPS) is 18.6. The zero-order valence-electron chi connectivity index (χ0n) is 19.2. The summed E-state index contributed by atoms with van der Waals surface area (Å²) in [7, 11) is 1.57. The standard InChI is InChI=1S/C28H29NO5/c1-32-27-17-22(11-14-25(27)33-18-24(30)21-7-8-21)29-16-15-26(28(29)31)34-23-12-9-20(10-13-23)19-5-3-2-4-6-19/h2-6,9-14,17,21,24,26,30H,7-8,15-16,18H2,1H3/t24-,26+/m0/s1. The Morgan fingerprint density at radius 1 is 0.941 bits per heavy atom.